The number of halogens is 3. The molecule has 0 aromatic heterocycles. The fourth-order valence-corrected chi connectivity index (χ4v) is 2.45. The van der Waals surface area contributed by atoms with Crippen molar-refractivity contribution in [2.24, 2.45) is 0 Å². The quantitative estimate of drug-likeness (QED) is 0.875. The molecule has 1 aliphatic heterocycles. The van der Waals surface area contributed by atoms with Gasteiger partial charge < -0.3 is 10.2 Å². The molecular formula is C13H17F3N2. The molecule has 100 valence electrons. The summed E-state index contributed by atoms with van der Waals surface area (Å²) in [7, 11) is 3.92. The van der Waals surface area contributed by atoms with E-state index in [2.05, 4.69) is 5.32 Å². The van der Waals surface area contributed by atoms with Crippen LogP contribution in [0.15, 0.2) is 18.2 Å². The number of nitrogens with one attached hydrogen (secondary N) is 1. The molecule has 0 saturated carbocycles. The van der Waals surface area contributed by atoms with Crippen LogP contribution in [0.1, 0.15) is 16.7 Å². The van der Waals surface area contributed by atoms with Crippen molar-refractivity contribution in [3.8, 4) is 0 Å². The lowest BCUT2D eigenvalue weighted by atomic mass is 9.91. The number of alkyl halides is 3. The molecule has 0 aliphatic carbocycles. The Hall–Kier alpha value is -1.07. The summed E-state index contributed by atoms with van der Waals surface area (Å²) >= 11 is 0. The molecule has 0 saturated heterocycles. The Bertz CT molecular complexity index is 427. The van der Waals surface area contributed by atoms with Crippen molar-refractivity contribution in [2.75, 3.05) is 20.6 Å². The Labute approximate surface area is 105 Å². The van der Waals surface area contributed by atoms with Crippen molar-refractivity contribution in [3.05, 3.63) is 34.9 Å². The van der Waals surface area contributed by atoms with Crippen LogP contribution in [0, 0.1) is 0 Å². The second-order valence-corrected chi connectivity index (χ2v) is 4.99. The van der Waals surface area contributed by atoms with E-state index < -0.39 is 11.7 Å². The van der Waals surface area contributed by atoms with E-state index in [-0.39, 0.29) is 6.04 Å². The number of fused-ring (bicyclic) bond motifs is 1. The van der Waals surface area contributed by atoms with Crippen LogP contribution >= 0.6 is 0 Å². The van der Waals surface area contributed by atoms with Crippen molar-refractivity contribution >= 4 is 0 Å². The third kappa shape index (κ3) is 2.84. The maximum Gasteiger partial charge on any atom is 0.416 e. The van der Waals surface area contributed by atoms with Gasteiger partial charge in [0.15, 0.2) is 0 Å². The molecule has 0 bridgehead atoms. The second kappa shape index (κ2) is 4.90. The number of hydrogen-bond donors (Lipinski definition) is 1. The molecule has 1 heterocycles. The first-order chi connectivity index (χ1) is 8.38. The van der Waals surface area contributed by atoms with Gasteiger partial charge in [-0.1, -0.05) is 12.1 Å². The molecule has 0 spiro atoms. The number of hydrogen-bond acceptors (Lipinski definition) is 2. The van der Waals surface area contributed by atoms with Crippen LogP contribution in [0.5, 0.6) is 0 Å². The van der Waals surface area contributed by atoms with Gasteiger partial charge in [-0.2, -0.15) is 13.2 Å². The Balaban J connectivity index is 2.25. The normalized spacial score (nSPS) is 20.0. The summed E-state index contributed by atoms with van der Waals surface area (Å²) in [6.45, 7) is 1.12. The van der Waals surface area contributed by atoms with Gasteiger partial charge in [-0.05, 0) is 37.7 Å². The van der Waals surface area contributed by atoms with Gasteiger partial charge in [0.2, 0.25) is 0 Å². The second-order valence-electron chi connectivity index (χ2n) is 4.99. The number of likely N-dealkylation sites (N-methyl/N-ethyl adjacent to an activating group) is 1. The zero-order valence-corrected chi connectivity index (χ0v) is 10.5. The highest BCUT2D eigenvalue weighted by molar-refractivity contribution is 5.39. The van der Waals surface area contributed by atoms with Crippen molar-refractivity contribution < 1.29 is 13.2 Å². The summed E-state index contributed by atoms with van der Waals surface area (Å²) in [4.78, 5) is 2.04. The van der Waals surface area contributed by atoms with E-state index in [4.69, 9.17) is 0 Å². The Kier molecular flexibility index (Phi) is 3.64. The van der Waals surface area contributed by atoms with Gasteiger partial charge in [0.05, 0.1) is 5.56 Å². The molecule has 0 radical (unpaired) electrons. The van der Waals surface area contributed by atoms with E-state index in [0.29, 0.717) is 18.5 Å². The fraction of sp³-hybridized carbons (Fsp3) is 0.538. The molecule has 1 atom stereocenters. The van der Waals surface area contributed by atoms with Gasteiger partial charge in [0.25, 0.3) is 0 Å². The van der Waals surface area contributed by atoms with Gasteiger partial charge in [0.1, 0.15) is 0 Å². The molecule has 18 heavy (non-hydrogen) atoms. The van der Waals surface area contributed by atoms with Crippen molar-refractivity contribution in [3.63, 3.8) is 0 Å². The van der Waals surface area contributed by atoms with E-state index in [1.54, 1.807) is 6.07 Å². The van der Waals surface area contributed by atoms with Crippen LogP contribution in [0.4, 0.5) is 13.2 Å². The van der Waals surface area contributed by atoms with Crippen LogP contribution in [-0.4, -0.2) is 31.6 Å². The minimum absolute atomic E-state index is 0.219. The van der Waals surface area contributed by atoms with E-state index in [1.165, 1.54) is 6.07 Å². The van der Waals surface area contributed by atoms with E-state index in [9.17, 15) is 13.2 Å². The number of nitrogens with zero attached hydrogens (tertiary/aromatic N) is 1. The first-order valence-electron chi connectivity index (χ1n) is 5.94. The van der Waals surface area contributed by atoms with Crippen molar-refractivity contribution in [1.29, 1.82) is 0 Å². The Morgan fingerprint density at radius 2 is 2.06 bits per heavy atom. The molecule has 0 fully saturated rings. The molecule has 1 aromatic rings. The Morgan fingerprint density at radius 1 is 1.33 bits per heavy atom. The monoisotopic (exact) mass is 258 g/mol. The third-order valence-corrected chi connectivity index (χ3v) is 3.20. The summed E-state index contributed by atoms with van der Waals surface area (Å²) in [5.41, 5.74) is 0.714. The molecule has 1 aliphatic rings. The lowest BCUT2D eigenvalue weighted by molar-refractivity contribution is -0.138. The summed E-state index contributed by atoms with van der Waals surface area (Å²) in [6.07, 6.45) is -3.61. The first-order valence-corrected chi connectivity index (χ1v) is 5.94. The minimum atomic E-state index is -4.26. The molecule has 5 heteroatoms. The lowest BCUT2D eigenvalue weighted by Gasteiger charge is -2.30. The predicted molar refractivity (Wildman–Crippen MR) is 64.3 cm³/mol. The summed E-state index contributed by atoms with van der Waals surface area (Å²) < 4.78 is 38.5. The number of rotatable bonds is 2. The Morgan fingerprint density at radius 3 is 2.67 bits per heavy atom. The average Bonchev–Trinajstić information content (AvgIpc) is 2.25. The highest BCUT2D eigenvalue weighted by Crippen LogP contribution is 2.34. The van der Waals surface area contributed by atoms with Crippen molar-refractivity contribution in [2.45, 2.75) is 25.2 Å². The van der Waals surface area contributed by atoms with Gasteiger partial charge in [-0.3, -0.25) is 0 Å². The zero-order chi connectivity index (χ0) is 13.3. The van der Waals surface area contributed by atoms with Gasteiger partial charge >= 0.3 is 6.18 Å². The molecular weight excluding hydrogens is 241 g/mol. The lowest BCUT2D eigenvalue weighted by Crippen LogP contribution is -2.43. The third-order valence-electron chi connectivity index (χ3n) is 3.20. The molecule has 1 N–H and O–H groups in total. The largest absolute Gasteiger partial charge is 0.416 e. The van der Waals surface area contributed by atoms with Crippen LogP contribution in [0.25, 0.3) is 0 Å². The van der Waals surface area contributed by atoms with E-state index in [0.717, 1.165) is 18.2 Å². The maximum absolute atomic E-state index is 12.8. The van der Waals surface area contributed by atoms with Crippen LogP contribution in [0.2, 0.25) is 0 Å². The summed E-state index contributed by atoms with van der Waals surface area (Å²) in [5, 5.41) is 3.18. The van der Waals surface area contributed by atoms with Crippen LogP contribution < -0.4 is 5.32 Å². The first kappa shape index (κ1) is 13.4. The smallest absolute Gasteiger partial charge is 0.308 e. The maximum atomic E-state index is 12.8. The summed E-state index contributed by atoms with van der Waals surface area (Å²) in [6, 6.07) is 4.68. The molecule has 1 unspecified atom stereocenters. The SMILES string of the molecule is CN(C)CC1Cc2cccc(C(F)(F)F)c2CN1. The standard InChI is InChI=1S/C13H17F3N2/c1-18(2)8-10-6-9-4-3-5-12(13(14,15)16)11(9)7-17-10/h3-5,10,17H,6-8H2,1-2H3. The average molecular weight is 258 g/mol. The number of benzene rings is 1. The molecule has 2 rings (SSSR count). The molecule has 0 amide bonds. The predicted octanol–water partition coefficient (Wildman–Crippen LogP) is 2.28. The highest BCUT2D eigenvalue weighted by Gasteiger charge is 2.35. The van der Waals surface area contributed by atoms with Crippen LogP contribution in [-0.2, 0) is 19.1 Å². The van der Waals surface area contributed by atoms with E-state index in [1.807, 2.05) is 19.0 Å². The fourth-order valence-electron chi connectivity index (χ4n) is 2.45. The van der Waals surface area contributed by atoms with Crippen molar-refractivity contribution in [1.82, 2.24) is 10.2 Å². The van der Waals surface area contributed by atoms with Gasteiger partial charge in [0, 0.05) is 19.1 Å². The van der Waals surface area contributed by atoms with Gasteiger partial charge in [-0.15, -0.1) is 0 Å². The molecule has 1 aromatic carbocycles. The highest BCUT2D eigenvalue weighted by atomic mass is 19.4. The van der Waals surface area contributed by atoms with Crippen LogP contribution in [0.3, 0.4) is 0 Å². The van der Waals surface area contributed by atoms with Gasteiger partial charge in [-0.25, -0.2) is 0 Å². The topological polar surface area (TPSA) is 15.3 Å². The van der Waals surface area contributed by atoms with E-state index >= 15 is 0 Å². The minimum Gasteiger partial charge on any atom is -0.308 e. The summed E-state index contributed by atoms with van der Waals surface area (Å²) in [5.74, 6) is 0. The molecule has 2 nitrogen and oxygen atoms in total. The zero-order valence-electron chi connectivity index (χ0n) is 10.5.